The molecular weight excluding hydrogens is 280 g/mol. The summed E-state index contributed by atoms with van der Waals surface area (Å²) in [7, 11) is 0. The molecule has 22 heavy (non-hydrogen) atoms. The van der Waals surface area contributed by atoms with E-state index in [4.69, 9.17) is 10.5 Å². The molecule has 1 aliphatic carbocycles. The maximum atomic E-state index is 12.0. The lowest BCUT2D eigenvalue weighted by Gasteiger charge is -2.27. The molecule has 1 aliphatic rings. The molecule has 0 radical (unpaired) electrons. The number of nitrogens with one attached hydrogen (secondary N) is 1. The Morgan fingerprint density at radius 2 is 1.82 bits per heavy atom. The summed E-state index contributed by atoms with van der Waals surface area (Å²) in [6.07, 6.45) is 3.59. The van der Waals surface area contributed by atoms with E-state index >= 15 is 0 Å². The number of nitrogen functional groups attached to an aromatic ring is 1. The first-order valence-corrected chi connectivity index (χ1v) is 7.89. The van der Waals surface area contributed by atoms with E-state index in [0.29, 0.717) is 18.7 Å². The van der Waals surface area contributed by atoms with Crippen molar-refractivity contribution in [3.8, 4) is 0 Å². The summed E-state index contributed by atoms with van der Waals surface area (Å²) in [6.45, 7) is 2.25. The third kappa shape index (κ3) is 4.76. The predicted octanol–water partition coefficient (Wildman–Crippen LogP) is 2.05. The van der Waals surface area contributed by atoms with Crippen molar-refractivity contribution in [2.75, 3.05) is 12.3 Å². The number of amides is 1. The molecule has 0 unspecified atom stereocenters. The van der Waals surface area contributed by atoms with Gasteiger partial charge in [-0.1, -0.05) is 12.1 Å². The fraction of sp³-hybridized carbons (Fsp3) is 0.529. The minimum atomic E-state index is -0.103. The largest absolute Gasteiger partial charge is 0.466 e. The smallest absolute Gasteiger partial charge is 0.308 e. The number of hydrogen-bond donors (Lipinski definition) is 2. The van der Waals surface area contributed by atoms with Crippen molar-refractivity contribution >= 4 is 17.6 Å². The van der Waals surface area contributed by atoms with E-state index in [2.05, 4.69) is 5.32 Å². The molecule has 2 rings (SSSR count). The van der Waals surface area contributed by atoms with Crippen LogP contribution in [-0.2, 0) is 20.7 Å². The summed E-state index contributed by atoms with van der Waals surface area (Å²) in [5.41, 5.74) is 7.27. The molecule has 5 nitrogen and oxygen atoms in total. The van der Waals surface area contributed by atoms with Gasteiger partial charge in [0.1, 0.15) is 0 Å². The topological polar surface area (TPSA) is 81.4 Å². The van der Waals surface area contributed by atoms with Crippen molar-refractivity contribution in [2.24, 2.45) is 5.92 Å². The van der Waals surface area contributed by atoms with Crippen molar-refractivity contribution in [3.05, 3.63) is 29.8 Å². The van der Waals surface area contributed by atoms with Gasteiger partial charge in [-0.05, 0) is 50.3 Å². The molecule has 0 spiro atoms. The van der Waals surface area contributed by atoms with Gasteiger partial charge in [-0.2, -0.15) is 0 Å². The molecule has 0 heterocycles. The monoisotopic (exact) mass is 304 g/mol. The van der Waals surface area contributed by atoms with Crippen molar-refractivity contribution in [1.82, 2.24) is 5.32 Å². The fourth-order valence-electron chi connectivity index (χ4n) is 2.83. The Morgan fingerprint density at radius 3 is 2.41 bits per heavy atom. The summed E-state index contributed by atoms with van der Waals surface area (Å²) in [4.78, 5) is 23.7. The average Bonchev–Trinajstić information content (AvgIpc) is 2.50. The SMILES string of the molecule is CCOC(=O)C1CCC(NC(=O)Cc2ccc(N)cc2)CC1. The van der Waals surface area contributed by atoms with E-state index in [-0.39, 0.29) is 23.8 Å². The lowest BCUT2D eigenvalue weighted by molar-refractivity contribution is -0.149. The normalized spacial score (nSPS) is 21.1. The van der Waals surface area contributed by atoms with Gasteiger partial charge in [-0.15, -0.1) is 0 Å². The Hall–Kier alpha value is -2.04. The average molecular weight is 304 g/mol. The van der Waals surface area contributed by atoms with Crippen LogP contribution in [0.25, 0.3) is 0 Å². The Kier molecular flexibility index (Phi) is 5.81. The summed E-state index contributed by atoms with van der Waals surface area (Å²) in [5.74, 6) is -0.0938. The highest BCUT2D eigenvalue weighted by atomic mass is 16.5. The molecule has 1 saturated carbocycles. The lowest BCUT2D eigenvalue weighted by atomic mass is 9.86. The van der Waals surface area contributed by atoms with Crippen LogP contribution >= 0.6 is 0 Å². The molecule has 0 aliphatic heterocycles. The standard InChI is InChI=1S/C17H24N2O3/c1-2-22-17(21)13-5-9-15(10-6-13)19-16(20)11-12-3-7-14(18)8-4-12/h3-4,7-8,13,15H,2,5-6,9-11,18H2,1H3,(H,19,20). The van der Waals surface area contributed by atoms with Crippen LogP contribution in [0.1, 0.15) is 38.2 Å². The second-order valence-corrected chi connectivity index (χ2v) is 5.79. The van der Waals surface area contributed by atoms with Crippen LogP contribution in [0.5, 0.6) is 0 Å². The zero-order valence-corrected chi connectivity index (χ0v) is 13.0. The summed E-state index contributed by atoms with van der Waals surface area (Å²) in [6, 6.07) is 7.49. The summed E-state index contributed by atoms with van der Waals surface area (Å²) >= 11 is 0. The number of carbonyl (C=O) groups excluding carboxylic acids is 2. The minimum absolute atomic E-state index is 0.00907. The molecule has 0 atom stereocenters. The van der Waals surface area contributed by atoms with Crippen LogP contribution in [-0.4, -0.2) is 24.5 Å². The third-order valence-electron chi connectivity index (χ3n) is 4.06. The maximum Gasteiger partial charge on any atom is 0.308 e. The first-order chi connectivity index (χ1) is 10.6. The number of esters is 1. The fourth-order valence-corrected chi connectivity index (χ4v) is 2.83. The van der Waals surface area contributed by atoms with Gasteiger partial charge in [-0.3, -0.25) is 9.59 Å². The lowest BCUT2D eigenvalue weighted by Crippen LogP contribution is -2.39. The van der Waals surface area contributed by atoms with Crippen LogP contribution in [0, 0.1) is 5.92 Å². The van der Waals surface area contributed by atoms with E-state index in [1.54, 1.807) is 12.1 Å². The van der Waals surface area contributed by atoms with Gasteiger partial charge in [0, 0.05) is 11.7 Å². The van der Waals surface area contributed by atoms with E-state index in [1.165, 1.54) is 0 Å². The molecule has 0 bridgehead atoms. The minimum Gasteiger partial charge on any atom is -0.466 e. The first-order valence-electron chi connectivity index (χ1n) is 7.89. The van der Waals surface area contributed by atoms with E-state index in [1.807, 2.05) is 19.1 Å². The molecule has 1 aromatic rings. The predicted molar refractivity (Wildman–Crippen MR) is 85.1 cm³/mol. The van der Waals surface area contributed by atoms with Crippen molar-refractivity contribution in [1.29, 1.82) is 0 Å². The molecule has 5 heteroatoms. The number of ether oxygens (including phenoxy) is 1. The number of nitrogens with two attached hydrogens (primary N) is 1. The molecule has 0 aromatic heterocycles. The van der Waals surface area contributed by atoms with Gasteiger partial charge < -0.3 is 15.8 Å². The van der Waals surface area contributed by atoms with Crippen LogP contribution in [0.4, 0.5) is 5.69 Å². The number of benzene rings is 1. The van der Waals surface area contributed by atoms with Crippen molar-refractivity contribution < 1.29 is 14.3 Å². The second-order valence-electron chi connectivity index (χ2n) is 5.79. The maximum absolute atomic E-state index is 12.0. The van der Waals surface area contributed by atoms with Gasteiger partial charge in [0.2, 0.25) is 5.91 Å². The molecule has 3 N–H and O–H groups in total. The molecule has 1 amide bonds. The van der Waals surface area contributed by atoms with E-state index in [0.717, 1.165) is 31.2 Å². The number of carbonyl (C=O) groups is 2. The Labute approximate surface area is 131 Å². The number of hydrogen-bond acceptors (Lipinski definition) is 4. The van der Waals surface area contributed by atoms with E-state index < -0.39 is 0 Å². The highest BCUT2D eigenvalue weighted by Crippen LogP contribution is 2.25. The summed E-state index contributed by atoms with van der Waals surface area (Å²) < 4.78 is 5.05. The Morgan fingerprint density at radius 1 is 1.18 bits per heavy atom. The van der Waals surface area contributed by atoms with Gasteiger partial charge in [-0.25, -0.2) is 0 Å². The van der Waals surface area contributed by atoms with Crippen LogP contribution in [0.15, 0.2) is 24.3 Å². The zero-order valence-electron chi connectivity index (χ0n) is 13.0. The van der Waals surface area contributed by atoms with Gasteiger partial charge in [0.25, 0.3) is 0 Å². The van der Waals surface area contributed by atoms with Crippen LogP contribution < -0.4 is 11.1 Å². The van der Waals surface area contributed by atoms with Gasteiger partial charge in [0.05, 0.1) is 18.9 Å². The molecule has 1 aromatic carbocycles. The highest BCUT2D eigenvalue weighted by molar-refractivity contribution is 5.79. The van der Waals surface area contributed by atoms with Crippen molar-refractivity contribution in [2.45, 2.75) is 45.1 Å². The second kappa shape index (κ2) is 7.82. The zero-order chi connectivity index (χ0) is 15.9. The first kappa shape index (κ1) is 16.3. The quantitative estimate of drug-likeness (QED) is 0.644. The van der Waals surface area contributed by atoms with Crippen LogP contribution in [0.3, 0.4) is 0 Å². The Bertz CT molecular complexity index is 505. The van der Waals surface area contributed by atoms with Crippen LogP contribution in [0.2, 0.25) is 0 Å². The van der Waals surface area contributed by atoms with E-state index in [9.17, 15) is 9.59 Å². The Balaban J connectivity index is 1.74. The molecule has 1 fully saturated rings. The number of anilines is 1. The molecular formula is C17H24N2O3. The van der Waals surface area contributed by atoms with Gasteiger partial charge >= 0.3 is 5.97 Å². The molecule has 0 saturated heterocycles. The number of rotatable bonds is 5. The molecule has 120 valence electrons. The summed E-state index contributed by atoms with van der Waals surface area (Å²) in [5, 5.41) is 3.05. The van der Waals surface area contributed by atoms with Gasteiger partial charge in [0.15, 0.2) is 0 Å². The third-order valence-corrected chi connectivity index (χ3v) is 4.06. The van der Waals surface area contributed by atoms with Crippen molar-refractivity contribution in [3.63, 3.8) is 0 Å². The highest BCUT2D eigenvalue weighted by Gasteiger charge is 2.27.